The van der Waals surface area contributed by atoms with Crippen LogP contribution in [0.5, 0.6) is 0 Å². The first kappa shape index (κ1) is 14.5. The molecule has 0 radical (unpaired) electrons. The van der Waals surface area contributed by atoms with Crippen molar-refractivity contribution in [3.63, 3.8) is 0 Å². The number of piperidine rings is 1. The Balaban J connectivity index is 1.85. The number of nitrogens with one attached hydrogen (secondary N) is 1. The maximum Gasteiger partial charge on any atom is 0.151 e. The summed E-state index contributed by atoms with van der Waals surface area (Å²) in [5.74, 6) is 2.56. The normalized spacial score (nSPS) is 25.1. The molecule has 1 N–H and O–H groups in total. The molecule has 1 fully saturated rings. The molecule has 1 saturated heterocycles. The number of nitrogens with zero attached hydrogens (tertiary/aromatic N) is 2. The lowest BCUT2D eigenvalue weighted by atomic mass is 9.92. The minimum atomic E-state index is 0.476. The minimum absolute atomic E-state index is 0.476. The summed E-state index contributed by atoms with van der Waals surface area (Å²) in [6.45, 7) is 13.0. The molecule has 0 bridgehead atoms. The van der Waals surface area contributed by atoms with E-state index in [4.69, 9.17) is 4.52 Å². The number of aromatic nitrogens is 1. The van der Waals surface area contributed by atoms with Crippen molar-refractivity contribution in [1.82, 2.24) is 15.4 Å². The average Bonchev–Trinajstić information content (AvgIpc) is 2.72. The van der Waals surface area contributed by atoms with Crippen LogP contribution in [0.3, 0.4) is 0 Å². The monoisotopic (exact) mass is 265 g/mol. The van der Waals surface area contributed by atoms with Crippen LogP contribution in [0.4, 0.5) is 0 Å². The second kappa shape index (κ2) is 6.53. The second-order valence-corrected chi connectivity index (χ2v) is 6.46. The molecule has 19 heavy (non-hydrogen) atoms. The van der Waals surface area contributed by atoms with Gasteiger partial charge in [0.15, 0.2) is 5.76 Å². The topological polar surface area (TPSA) is 41.3 Å². The minimum Gasteiger partial charge on any atom is -0.360 e. The van der Waals surface area contributed by atoms with Crippen molar-refractivity contribution in [2.45, 2.75) is 53.2 Å². The lowest BCUT2D eigenvalue weighted by molar-refractivity contribution is 0.123. The van der Waals surface area contributed by atoms with E-state index in [1.807, 2.05) is 0 Å². The smallest absolute Gasteiger partial charge is 0.151 e. The third-order valence-corrected chi connectivity index (χ3v) is 3.62. The lowest BCUT2D eigenvalue weighted by Gasteiger charge is -2.34. The molecule has 2 atom stereocenters. The molecule has 4 nitrogen and oxygen atoms in total. The van der Waals surface area contributed by atoms with Crippen molar-refractivity contribution < 1.29 is 4.52 Å². The predicted molar refractivity (Wildman–Crippen MR) is 76.7 cm³/mol. The van der Waals surface area contributed by atoms with Gasteiger partial charge in [0, 0.05) is 31.7 Å². The first-order valence-electron chi connectivity index (χ1n) is 7.43. The van der Waals surface area contributed by atoms with Gasteiger partial charge in [-0.25, -0.2) is 0 Å². The standard InChI is InChI=1S/C15H27N3O/c1-11(2)16-7-14-6-15(19-17-14)10-18-8-12(3)5-13(4)9-18/h6,11-13,16H,5,7-10H2,1-4H3. The van der Waals surface area contributed by atoms with Crippen molar-refractivity contribution >= 4 is 0 Å². The highest BCUT2D eigenvalue weighted by Gasteiger charge is 2.22. The summed E-state index contributed by atoms with van der Waals surface area (Å²) in [5.41, 5.74) is 1.00. The Kier molecular flexibility index (Phi) is 4.99. The van der Waals surface area contributed by atoms with Gasteiger partial charge < -0.3 is 9.84 Å². The molecule has 2 unspecified atom stereocenters. The number of hydrogen-bond acceptors (Lipinski definition) is 4. The maximum atomic E-state index is 5.44. The van der Waals surface area contributed by atoms with Crippen molar-refractivity contribution in [3.8, 4) is 0 Å². The van der Waals surface area contributed by atoms with Crippen LogP contribution in [0.2, 0.25) is 0 Å². The van der Waals surface area contributed by atoms with Crippen LogP contribution in [0.25, 0.3) is 0 Å². The van der Waals surface area contributed by atoms with Crippen LogP contribution >= 0.6 is 0 Å². The van der Waals surface area contributed by atoms with Crippen molar-refractivity contribution in [3.05, 3.63) is 17.5 Å². The van der Waals surface area contributed by atoms with Gasteiger partial charge in [0.1, 0.15) is 0 Å². The first-order chi connectivity index (χ1) is 9.02. The largest absolute Gasteiger partial charge is 0.360 e. The Bertz CT molecular complexity index is 378. The van der Waals surface area contributed by atoms with Gasteiger partial charge in [-0.2, -0.15) is 0 Å². The molecule has 1 aromatic rings. The fraction of sp³-hybridized carbons (Fsp3) is 0.800. The zero-order chi connectivity index (χ0) is 13.8. The van der Waals surface area contributed by atoms with Crippen LogP contribution in [0, 0.1) is 11.8 Å². The van der Waals surface area contributed by atoms with E-state index in [0.717, 1.165) is 36.4 Å². The third kappa shape index (κ3) is 4.62. The molecule has 1 aliphatic heterocycles. The quantitative estimate of drug-likeness (QED) is 0.888. The summed E-state index contributed by atoms with van der Waals surface area (Å²) in [5, 5.41) is 7.48. The molecule has 4 heteroatoms. The van der Waals surface area contributed by atoms with Crippen LogP contribution in [-0.4, -0.2) is 29.2 Å². The van der Waals surface area contributed by atoms with E-state index in [9.17, 15) is 0 Å². The van der Waals surface area contributed by atoms with Gasteiger partial charge in [0.25, 0.3) is 0 Å². The summed E-state index contributed by atoms with van der Waals surface area (Å²) in [7, 11) is 0. The summed E-state index contributed by atoms with van der Waals surface area (Å²) in [6, 6.07) is 2.56. The highest BCUT2D eigenvalue weighted by atomic mass is 16.5. The third-order valence-electron chi connectivity index (χ3n) is 3.62. The van der Waals surface area contributed by atoms with Crippen LogP contribution < -0.4 is 5.32 Å². The summed E-state index contributed by atoms with van der Waals surface area (Å²) < 4.78 is 5.44. The van der Waals surface area contributed by atoms with Crippen LogP contribution in [-0.2, 0) is 13.1 Å². The van der Waals surface area contributed by atoms with Gasteiger partial charge in [0.05, 0.1) is 12.2 Å². The van der Waals surface area contributed by atoms with Gasteiger partial charge >= 0.3 is 0 Å². The molecule has 0 aliphatic carbocycles. The molecule has 0 saturated carbocycles. The van der Waals surface area contributed by atoms with Crippen LogP contribution in [0.15, 0.2) is 10.6 Å². The lowest BCUT2D eigenvalue weighted by Crippen LogP contribution is -2.38. The summed E-state index contributed by atoms with van der Waals surface area (Å²) in [6.07, 6.45) is 1.34. The molecule has 1 aromatic heterocycles. The van der Waals surface area contributed by atoms with E-state index in [2.05, 4.69) is 49.1 Å². The highest BCUT2D eigenvalue weighted by molar-refractivity contribution is 5.05. The highest BCUT2D eigenvalue weighted by Crippen LogP contribution is 2.22. The van der Waals surface area contributed by atoms with Gasteiger partial charge in [-0.1, -0.05) is 32.9 Å². The zero-order valence-electron chi connectivity index (χ0n) is 12.6. The van der Waals surface area contributed by atoms with Gasteiger partial charge in [-0.15, -0.1) is 0 Å². The number of rotatable bonds is 5. The maximum absolute atomic E-state index is 5.44. The number of likely N-dealkylation sites (tertiary alicyclic amines) is 1. The van der Waals surface area contributed by atoms with Gasteiger partial charge in [-0.3, -0.25) is 4.90 Å². The van der Waals surface area contributed by atoms with E-state index in [1.165, 1.54) is 19.5 Å². The molecular formula is C15H27N3O. The summed E-state index contributed by atoms with van der Waals surface area (Å²) >= 11 is 0. The fourth-order valence-corrected chi connectivity index (χ4v) is 2.96. The predicted octanol–water partition coefficient (Wildman–Crippen LogP) is 2.65. The molecule has 0 amide bonds. The van der Waals surface area contributed by atoms with E-state index >= 15 is 0 Å². The Labute approximate surface area is 116 Å². The van der Waals surface area contributed by atoms with Gasteiger partial charge in [0.2, 0.25) is 0 Å². The second-order valence-electron chi connectivity index (χ2n) is 6.46. The zero-order valence-corrected chi connectivity index (χ0v) is 12.6. The first-order valence-corrected chi connectivity index (χ1v) is 7.43. The Hall–Kier alpha value is -0.870. The fourth-order valence-electron chi connectivity index (χ4n) is 2.96. The summed E-state index contributed by atoms with van der Waals surface area (Å²) in [4.78, 5) is 2.49. The molecule has 0 spiro atoms. The molecule has 0 aromatic carbocycles. The number of hydrogen-bond donors (Lipinski definition) is 1. The molecule has 108 valence electrons. The molecule has 2 rings (SSSR count). The Morgan fingerprint density at radius 3 is 2.68 bits per heavy atom. The van der Waals surface area contributed by atoms with Crippen LogP contribution in [0.1, 0.15) is 45.6 Å². The van der Waals surface area contributed by atoms with E-state index in [-0.39, 0.29) is 0 Å². The van der Waals surface area contributed by atoms with E-state index in [1.54, 1.807) is 0 Å². The van der Waals surface area contributed by atoms with E-state index in [0.29, 0.717) is 6.04 Å². The Morgan fingerprint density at radius 2 is 2.05 bits per heavy atom. The molecular weight excluding hydrogens is 238 g/mol. The van der Waals surface area contributed by atoms with E-state index < -0.39 is 0 Å². The average molecular weight is 265 g/mol. The SMILES string of the molecule is CC1CC(C)CN(Cc2cc(CNC(C)C)no2)C1. The van der Waals surface area contributed by atoms with Crippen molar-refractivity contribution in [2.75, 3.05) is 13.1 Å². The molecule has 2 heterocycles. The van der Waals surface area contributed by atoms with Gasteiger partial charge in [-0.05, 0) is 18.3 Å². The molecule has 1 aliphatic rings. The van der Waals surface area contributed by atoms with Crippen molar-refractivity contribution in [1.29, 1.82) is 0 Å². The Morgan fingerprint density at radius 1 is 1.37 bits per heavy atom. The van der Waals surface area contributed by atoms with Crippen molar-refractivity contribution in [2.24, 2.45) is 11.8 Å².